The van der Waals surface area contributed by atoms with E-state index in [4.69, 9.17) is 8.83 Å². The standard InChI is InChI=1S/C17H14BrN5O2S/c1-2-23-15(13-4-3-9-24-13)20-22-17(23)26-10-14-19-21-16(25-14)11-5-7-12(18)8-6-11/h3-9H,2,10H2,1H3. The van der Waals surface area contributed by atoms with Crippen LogP contribution in [0.15, 0.2) is 61.1 Å². The molecule has 0 saturated carbocycles. The number of halogens is 1. The number of nitrogens with zero attached hydrogens (tertiary/aromatic N) is 5. The molecule has 7 nitrogen and oxygen atoms in total. The van der Waals surface area contributed by atoms with Crippen molar-refractivity contribution in [3.63, 3.8) is 0 Å². The van der Waals surface area contributed by atoms with Gasteiger partial charge in [0.05, 0.1) is 12.0 Å². The molecule has 0 spiro atoms. The van der Waals surface area contributed by atoms with E-state index in [0.717, 1.165) is 21.7 Å². The minimum Gasteiger partial charge on any atom is -0.461 e. The monoisotopic (exact) mass is 431 g/mol. The van der Waals surface area contributed by atoms with Crippen LogP contribution in [0.1, 0.15) is 12.8 Å². The molecule has 0 N–H and O–H groups in total. The van der Waals surface area contributed by atoms with E-state index >= 15 is 0 Å². The average Bonchev–Trinajstić information content (AvgIpc) is 3.40. The first-order valence-corrected chi connectivity index (χ1v) is 9.70. The summed E-state index contributed by atoms with van der Waals surface area (Å²) >= 11 is 4.91. The number of hydrogen-bond donors (Lipinski definition) is 0. The van der Waals surface area contributed by atoms with Crippen LogP contribution in [0, 0.1) is 0 Å². The molecule has 0 atom stereocenters. The molecule has 0 aliphatic heterocycles. The zero-order valence-corrected chi connectivity index (χ0v) is 16.2. The number of hydrogen-bond acceptors (Lipinski definition) is 7. The molecular weight excluding hydrogens is 418 g/mol. The third-order valence-corrected chi connectivity index (χ3v) is 5.14. The fraction of sp³-hybridized carbons (Fsp3) is 0.176. The van der Waals surface area contributed by atoms with Gasteiger partial charge in [-0.15, -0.1) is 20.4 Å². The van der Waals surface area contributed by atoms with Crippen molar-refractivity contribution in [2.75, 3.05) is 0 Å². The Labute approximate surface area is 162 Å². The van der Waals surface area contributed by atoms with Crippen LogP contribution in [-0.4, -0.2) is 25.0 Å². The first-order valence-electron chi connectivity index (χ1n) is 7.93. The first-order chi connectivity index (χ1) is 12.7. The summed E-state index contributed by atoms with van der Waals surface area (Å²) in [6.07, 6.45) is 1.62. The highest BCUT2D eigenvalue weighted by Gasteiger charge is 2.16. The van der Waals surface area contributed by atoms with Gasteiger partial charge < -0.3 is 8.83 Å². The molecule has 1 aromatic carbocycles. The highest BCUT2D eigenvalue weighted by atomic mass is 79.9. The summed E-state index contributed by atoms with van der Waals surface area (Å²) in [7, 11) is 0. The van der Waals surface area contributed by atoms with E-state index in [-0.39, 0.29) is 0 Å². The summed E-state index contributed by atoms with van der Waals surface area (Å²) < 4.78 is 14.2. The summed E-state index contributed by atoms with van der Waals surface area (Å²) in [6.45, 7) is 2.78. The molecule has 26 heavy (non-hydrogen) atoms. The molecule has 4 rings (SSSR count). The fourth-order valence-corrected chi connectivity index (χ4v) is 3.52. The molecule has 0 radical (unpaired) electrons. The molecule has 0 unspecified atom stereocenters. The van der Waals surface area contributed by atoms with Gasteiger partial charge in [-0.25, -0.2) is 0 Å². The SMILES string of the molecule is CCn1c(SCc2nnc(-c3ccc(Br)cc3)o2)nnc1-c1ccco1. The molecule has 0 amide bonds. The largest absolute Gasteiger partial charge is 0.461 e. The third-order valence-electron chi connectivity index (χ3n) is 3.66. The van der Waals surface area contributed by atoms with Gasteiger partial charge in [0.15, 0.2) is 16.7 Å². The molecule has 0 bridgehead atoms. The second kappa shape index (κ2) is 7.46. The first kappa shape index (κ1) is 17.0. The van der Waals surface area contributed by atoms with Crippen molar-refractivity contribution in [2.45, 2.75) is 24.4 Å². The zero-order chi connectivity index (χ0) is 17.9. The van der Waals surface area contributed by atoms with E-state index in [1.54, 1.807) is 6.26 Å². The van der Waals surface area contributed by atoms with Crippen molar-refractivity contribution in [3.05, 3.63) is 53.0 Å². The van der Waals surface area contributed by atoms with Crippen molar-refractivity contribution in [1.29, 1.82) is 0 Å². The zero-order valence-electron chi connectivity index (χ0n) is 13.8. The summed E-state index contributed by atoms with van der Waals surface area (Å²) in [5.41, 5.74) is 0.883. The minimum absolute atomic E-state index is 0.501. The van der Waals surface area contributed by atoms with Crippen LogP contribution in [0.4, 0.5) is 0 Å². The number of aromatic nitrogens is 5. The van der Waals surface area contributed by atoms with E-state index in [9.17, 15) is 0 Å². The summed E-state index contributed by atoms with van der Waals surface area (Å²) in [5.74, 6) is 2.96. The Bertz CT molecular complexity index is 995. The van der Waals surface area contributed by atoms with Crippen LogP contribution in [0.2, 0.25) is 0 Å². The Morgan fingerprint density at radius 1 is 1.08 bits per heavy atom. The van der Waals surface area contributed by atoms with Crippen molar-refractivity contribution in [2.24, 2.45) is 0 Å². The maximum absolute atomic E-state index is 5.75. The molecule has 4 aromatic rings. The Hall–Kier alpha value is -2.39. The predicted octanol–water partition coefficient (Wildman–Crippen LogP) is 4.66. The van der Waals surface area contributed by atoms with Crippen LogP contribution in [0.5, 0.6) is 0 Å². The molecule has 0 saturated heterocycles. The van der Waals surface area contributed by atoms with E-state index < -0.39 is 0 Å². The Kier molecular flexibility index (Phi) is 4.89. The van der Waals surface area contributed by atoms with Gasteiger partial charge in [-0.1, -0.05) is 27.7 Å². The Morgan fingerprint density at radius 2 is 1.92 bits per heavy atom. The van der Waals surface area contributed by atoms with E-state index in [0.29, 0.717) is 29.1 Å². The normalized spacial score (nSPS) is 11.2. The predicted molar refractivity (Wildman–Crippen MR) is 100 cm³/mol. The fourth-order valence-electron chi connectivity index (χ4n) is 2.42. The van der Waals surface area contributed by atoms with Crippen molar-refractivity contribution in [3.8, 4) is 23.0 Å². The molecule has 132 valence electrons. The van der Waals surface area contributed by atoms with Crippen LogP contribution >= 0.6 is 27.7 Å². The van der Waals surface area contributed by atoms with Gasteiger partial charge in [0.1, 0.15) is 0 Å². The van der Waals surface area contributed by atoms with Gasteiger partial charge in [-0.3, -0.25) is 4.57 Å². The van der Waals surface area contributed by atoms with E-state index in [1.807, 2.05) is 47.9 Å². The quantitative estimate of drug-likeness (QED) is 0.410. The molecule has 9 heteroatoms. The lowest BCUT2D eigenvalue weighted by atomic mass is 10.2. The Morgan fingerprint density at radius 3 is 2.65 bits per heavy atom. The molecular formula is C17H14BrN5O2S. The molecule has 3 heterocycles. The van der Waals surface area contributed by atoms with Crippen LogP contribution in [0.25, 0.3) is 23.0 Å². The van der Waals surface area contributed by atoms with Gasteiger partial charge >= 0.3 is 0 Å². The summed E-state index contributed by atoms with van der Waals surface area (Å²) in [4.78, 5) is 0. The van der Waals surface area contributed by atoms with Gasteiger partial charge in [0, 0.05) is 16.6 Å². The lowest BCUT2D eigenvalue weighted by Crippen LogP contribution is -1.99. The lowest BCUT2D eigenvalue weighted by Gasteiger charge is -2.04. The number of furan rings is 1. The molecule has 3 aromatic heterocycles. The molecule has 0 fully saturated rings. The van der Waals surface area contributed by atoms with E-state index in [1.165, 1.54) is 11.8 Å². The number of thioether (sulfide) groups is 1. The average molecular weight is 432 g/mol. The van der Waals surface area contributed by atoms with E-state index in [2.05, 4.69) is 36.3 Å². The topological polar surface area (TPSA) is 82.8 Å². The van der Waals surface area contributed by atoms with Gasteiger partial charge in [-0.2, -0.15) is 0 Å². The van der Waals surface area contributed by atoms with Crippen LogP contribution < -0.4 is 0 Å². The van der Waals surface area contributed by atoms with Crippen LogP contribution in [0.3, 0.4) is 0 Å². The smallest absolute Gasteiger partial charge is 0.247 e. The van der Waals surface area contributed by atoms with Gasteiger partial charge in [0.25, 0.3) is 0 Å². The Balaban J connectivity index is 1.49. The maximum Gasteiger partial charge on any atom is 0.247 e. The second-order valence-electron chi connectivity index (χ2n) is 5.32. The number of benzene rings is 1. The number of rotatable bonds is 6. The highest BCUT2D eigenvalue weighted by Crippen LogP contribution is 2.27. The third kappa shape index (κ3) is 3.45. The molecule has 0 aliphatic rings. The molecule has 0 aliphatic carbocycles. The summed E-state index contributed by atoms with van der Waals surface area (Å²) in [5, 5.41) is 17.5. The second-order valence-corrected chi connectivity index (χ2v) is 7.18. The van der Waals surface area contributed by atoms with Crippen molar-refractivity contribution >= 4 is 27.7 Å². The van der Waals surface area contributed by atoms with Gasteiger partial charge in [0.2, 0.25) is 11.8 Å². The van der Waals surface area contributed by atoms with Gasteiger partial charge in [-0.05, 0) is 43.3 Å². The summed E-state index contributed by atoms with van der Waals surface area (Å²) in [6, 6.07) is 11.4. The lowest BCUT2D eigenvalue weighted by molar-refractivity contribution is 0.528. The van der Waals surface area contributed by atoms with Crippen LogP contribution in [-0.2, 0) is 12.3 Å². The van der Waals surface area contributed by atoms with Crippen molar-refractivity contribution in [1.82, 2.24) is 25.0 Å². The highest BCUT2D eigenvalue weighted by molar-refractivity contribution is 9.10. The minimum atomic E-state index is 0.501. The maximum atomic E-state index is 5.75. The van der Waals surface area contributed by atoms with Crippen molar-refractivity contribution < 1.29 is 8.83 Å².